The van der Waals surface area contributed by atoms with E-state index >= 15 is 0 Å². The average Bonchev–Trinajstić information content (AvgIpc) is 2.68. The van der Waals surface area contributed by atoms with Crippen LogP contribution in [0.25, 0.3) is 21.9 Å². The topological polar surface area (TPSA) is 56.3 Å². The molecule has 0 spiro atoms. The third-order valence-corrected chi connectivity index (χ3v) is 3.22. The van der Waals surface area contributed by atoms with E-state index in [9.17, 15) is 10.1 Å². The average molecular weight is 292 g/mol. The minimum absolute atomic E-state index is 0.0518. The molecule has 0 N–H and O–H groups in total. The molecule has 84 valence electrons. The second-order valence-corrected chi connectivity index (χ2v) is 4.51. The van der Waals surface area contributed by atoms with Crippen LogP contribution in [0.1, 0.15) is 0 Å². The molecule has 17 heavy (non-hydrogen) atoms. The number of halogens is 1. The first kappa shape index (κ1) is 10.3. The maximum Gasteiger partial charge on any atom is 0.271 e. The molecule has 0 unspecified atom stereocenters. The number of nitrogens with zero attached hydrogens (tertiary/aromatic N) is 1. The van der Waals surface area contributed by atoms with Crippen LogP contribution in [0.3, 0.4) is 0 Å². The molecule has 3 aromatic rings. The molecule has 3 rings (SSSR count). The summed E-state index contributed by atoms with van der Waals surface area (Å²) in [7, 11) is 0. The van der Waals surface area contributed by atoms with Crippen molar-refractivity contribution in [2.24, 2.45) is 0 Å². The van der Waals surface area contributed by atoms with Crippen molar-refractivity contribution >= 4 is 43.6 Å². The minimum atomic E-state index is -0.411. The monoisotopic (exact) mass is 291 g/mol. The molecule has 1 aromatic heterocycles. The lowest BCUT2D eigenvalue weighted by atomic mass is 10.1. The molecule has 0 radical (unpaired) electrons. The normalized spacial score (nSPS) is 11.1. The molecule has 4 nitrogen and oxygen atoms in total. The summed E-state index contributed by atoms with van der Waals surface area (Å²) in [5, 5.41) is 12.4. The Kier molecular flexibility index (Phi) is 2.16. The first-order valence-corrected chi connectivity index (χ1v) is 5.71. The van der Waals surface area contributed by atoms with Crippen LogP contribution in [0.2, 0.25) is 0 Å². The molecular formula is C12H6BrNO3. The lowest BCUT2D eigenvalue weighted by molar-refractivity contribution is -0.384. The van der Waals surface area contributed by atoms with Gasteiger partial charge in [-0.3, -0.25) is 10.1 Å². The van der Waals surface area contributed by atoms with Crippen LogP contribution in [0, 0.1) is 10.1 Å². The summed E-state index contributed by atoms with van der Waals surface area (Å²) in [5.41, 5.74) is 1.41. The van der Waals surface area contributed by atoms with Gasteiger partial charge in [-0.1, -0.05) is 18.2 Å². The summed E-state index contributed by atoms with van der Waals surface area (Å²) in [5.74, 6) is 0. The Balaban J connectivity index is 2.50. The van der Waals surface area contributed by atoms with Crippen molar-refractivity contribution in [2.75, 3.05) is 0 Å². The van der Waals surface area contributed by atoms with Gasteiger partial charge >= 0.3 is 0 Å². The van der Waals surface area contributed by atoms with E-state index in [0.717, 1.165) is 16.4 Å². The fourth-order valence-corrected chi connectivity index (χ4v) is 2.41. The van der Waals surface area contributed by atoms with E-state index in [4.69, 9.17) is 4.42 Å². The molecule has 0 saturated heterocycles. The molecule has 0 aliphatic rings. The molecule has 0 aliphatic heterocycles. The summed E-state index contributed by atoms with van der Waals surface area (Å²) in [6.45, 7) is 0. The van der Waals surface area contributed by atoms with Gasteiger partial charge in [-0.15, -0.1) is 0 Å². The van der Waals surface area contributed by atoms with Gasteiger partial charge in [0.2, 0.25) is 0 Å². The van der Waals surface area contributed by atoms with E-state index < -0.39 is 4.92 Å². The minimum Gasteiger partial charge on any atom is -0.455 e. The first-order valence-electron chi connectivity index (χ1n) is 4.92. The molecule has 0 fully saturated rings. The van der Waals surface area contributed by atoms with E-state index in [1.807, 2.05) is 24.3 Å². The van der Waals surface area contributed by atoms with E-state index in [2.05, 4.69) is 15.9 Å². The Bertz CT molecular complexity index is 748. The van der Waals surface area contributed by atoms with Gasteiger partial charge in [0.25, 0.3) is 5.69 Å². The van der Waals surface area contributed by atoms with E-state index in [1.165, 1.54) is 12.1 Å². The molecule has 5 heteroatoms. The Labute approximate surface area is 104 Å². The summed E-state index contributed by atoms with van der Waals surface area (Å²) in [6.07, 6.45) is 0. The molecule has 0 atom stereocenters. The summed E-state index contributed by atoms with van der Waals surface area (Å²) in [6, 6.07) is 10.5. The van der Waals surface area contributed by atoms with Gasteiger partial charge in [0, 0.05) is 22.9 Å². The lowest BCUT2D eigenvalue weighted by Crippen LogP contribution is -1.87. The number of furan rings is 1. The zero-order valence-electron chi connectivity index (χ0n) is 8.51. The second-order valence-electron chi connectivity index (χ2n) is 3.66. The molecule has 2 aromatic carbocycles. The predicted molar refractivity (Wildman–Crippen MR) is 68.1 cm³/mol. The SMILES string of the molecule is O=[N+]([O-])c1cc(Br)c2oc3ccccc3c2c1. The van der Waals surface area contributed by atoms with Gasteiger partial charge < -0.3 is 4.42 Å². The zero-order valence-corrected chi connectivity index (χ0v) is 10.1. The van der Waals surface area contributed by atoms with Crippen molar-refractivity contribution in [3.05, 3.63) is 51.0 Å². The van der Waals surface area contributed by atoms with Crippen molar-refractivity contribution in [1.29, 1.82) is 0 Å². The maximum atomic E-state index is 10.8. The van der Waals surface area contributed by atoms with Gasteiger partial charge in [-0.2, -0.15) is 0 Å². The number of benzene rings is 2. The molecule has 0 amide bonds. The molecule has 0 aliphatic carbocycles. The number of nitro benzene ring substituents is 1. The van der Waals surface area contributed by atoms with Crippen LogP contribution < -0.4 is 0 Å². The highest BCUT2D eigenvalue weighted by Crippen LogP contribution is 2.36. The first-order chi connectivity index (χ1) is 8.16. The fraction of sp³-hybridized carbons (Fsp3) is 0. The number of hydrogen-bond donors (Lipinski definition) is 0. The Hall–Kier alpha value is -1.88. The van der Waals surface area contributed by atoms with Crippen LogP contribution in [-0.2, 0) is 0 Å². The van der Waals surface area contributed by atoms with Gasteiger partial charge in [-0.25, -0.2) is 0 Å². The third kappa shape index (κ3) is 1.51. The number of rotatable bonds is 1. The third-order valence-electron chi connectivity index (χ3n) is 2.63. The van der Waals surface area contributed by atoms with Gasteiger partial charge in [-0.05, 0) is 22.0 Å². The van der Waals surface area contributed by atoms with E-state index in [1.54, 1.807) is 0 Å². The standard InChI is InChI=1S/C12H6BrNO3/c13-10-6-7(14(15)16)5-9-8-3-1-2-4-11(8)17-12(9)10/h1-6H. The van der Waals surface area contributed by atoms with E-state index in [-0.39, 0.29) is 5.69 Å². The van der Waals surface area contributed by atoms with Gasteiger partial charge in [0.1, 0.15) is 11.2 Å². The summed E-state index contributed by atoms with van der Waals surface area (Å²) < 4.78 is 6.24. The summed E-state index contributed by atoms with van der Waals surface area (Å²) in [4.78, 5) is 10.4. The van der Waals surface area contributed by atoms with Crippen LogP contribution in [0.4, 0.5) is 5.69 Å². The Morgan fingerprint density at radius 1 is 1.18 bits per heavy atom. The van der Waals surface area contributed by atoms with Crippen LogP contribution in [-0.4, -0.2) is 4.92 Å². The molecule has 0 saturated carbocycles. The van der Waals surface area contributed by atoms with Crippen LogP contribution in [0.15, 0.2) is 45.3 Å². The smallest absolute Gasteiger partial charge is 0.271 e. The van der Waals surface area contributed by atoms with Gasteiger partial charge in [0.05, 0.1) is 9.40 Å². The Morgan fingerprint density at radius 3 is 2.71 bits per heavy atom. The summed E-state index contributed by atoms with van der Waals surface area (Å²) >= 11 is 3.30. The Morgan fingerprint density at radius 2 is 1.94 bits per heavy atom. The van der Waals surface area contributed by atoms with Crippen LogP contribution in [0.5, 0.6) is 0 Å². The largest absolute Gasteiger partial charge is 0.455 e. The van der Waals surface area contributed by atoms with Crippen LogP contribution >= 0.6 is 15.9 Å². The highest BCUT2D eigenvalue weighted by molar-refractivity contribution is 9.10. The zero-order chi connectivity index (χ0) is 12.0. The number of hydrogen-bond acceptors (Lipinski definition) is 3. The maximum absolute atomic E-state index is 10.8. The highest BCUT2D eigenvalue weighted by Gasteiger charge is 2.15. The van der Waals surface area contributed by atoms with Gasteiger partial charge in [0.15, 0.2) is 0 Å². The molecular weight excluding hydrogens is 286 g/mol. The number of para-hydroxylation sites is 1. The van der Waals surface area contributed by atoms with Crippen molar-refractivity contribution in [3.63, 3.8) is 0 Å². The predicted octanol–water partition coefficient (Wildman–Crippen LogP) is 4.26. The van der Waals surface area contributed by atoms with Crippen molar-refractivity contribution in [3.8, 4) is 0 Å². The van der Waals surface area contributed by atoms with Crippen molar-refractivity contribution in [2.45, 2.75) is 0 Å². The molecule has 1 heterocycles. The molecule has 0 bridgehead atoms. The van der Waals surface area contributed by atoms with Crippen molar-refractivity contribution in [1.82, 2.24) is 0 Å². The number of nitro groups is 1. The lowest BCUT2D eigenvalue weighted by Gasteiger charge is -1.94. The van der Waals surface area contributed by atoms with Crippen molar-refractivity contribution < 1.29 is 9.34 Å². The number of fused-ring (bicyclic) bond motifs is 3. The second kappa shape index (κ2) is 3.56. The highest BCUT2D eigenvalue weighted by atomic mass is 79.9. The van der Waals surface area contributed by atoms with E-state index in [0.29, 0.717) is 10.1 Å². The quantitative estimate of drug-likeness (QED) is 0.497. The fourth-order valence-electron chi connectivity index (χ4n) is 1.88. The number of non-ortho nitro benzene ring substituents is 1.